The molecule has 7 heteroatoms. The van der Waals surface area contributed by atoms with Crippen LogP contribution in [0.2, 0.25) is 0 Å². The summed E-state index contributed by atoms with van der Waals surface area (Å²) in [4.78, 5) is 36.6. The van der Waals surface area contributed by atoms with E-state index >= 15 is 0 Å². The molecule has 7 nitrogen and oxygen atoms in total. The predicted molar refractivity (Wildman–Crippen MR) is 98.4 cm³/mol. The molecule has 0 radical (unpaired) electrons. The van der Waals surface area contributed by atoms with Crippen molar-refractivity contribution in [2.75, 3.05) is 13.1 Å². The summed E-state index contributed by atoms with van der Waals surface area (Å²) < 4.78 is 0. The number of amides is 2. The van der Waals surface area contributed by atoms with Crippen molar-refractivity contribution in [3.8, 4) is 0 Å². The largest absolute Gasteiger partial charge is 0.481 e. The van der Waals surface area contributed by atoms with Gasteiger partial charge in [-0.3, -0.25) is 14.4 Å². The molecule has 0 bridgehead atoms. The van der Waals surface area contributed by atoms with Gasteiger partial charge in [0, 0.05) is 25.1 Å². The molecule has 0 spiro atoms. The number of hydrogen-bond acceptors (Lipinski definition) is 4. The van der Waals surface area contributed by atoms with Crippen LogP contribution in [0.4, 0.5) is 0 Å². The van der Waals surface area contributed by atoms with Crippen molar-refractivity contribution in [3.05, 3.63) is 12.2 Å². The Balaban J connectivity index is 1.34. The third kappa shape index (κ3) is 5.09. The molecule has 2 amide bonds. The van der Waals surface area contributed by atoms with E-state index in [1.807, 2.05) is 0 Å². The Hall–Kier alpha value is -1.89. The first-order chi connectivity index (χ1) is 12.9. The van der Waals surface area contributed by atoms with Crippen molar-refractivity contribution in [1.29, 1.82) is 0 Å². The van der Waals surface area contributed by atoms with Crippen molar-refractivity contribution >= 4 is 17.8 Å². The summed E-state index contributed by atoms with van der Waals surface area (Å²) in [5, 5.41) is 21.9. The smallest absolute Gasteiger partial charge is 0.306 e. The summed E-state index contributed by atoms with van der Waals surface area (Å²) >= 11 is 0. The normalized spacial score (nSPS) is 33.9. The first-order valence-corrected chi connectivity index (χ1v) is 10.1. The van der Waals surface area contributed by atoms with Crippen molar-refractivity contribution in [2.24, 2.45) is 23.7 Å². The molecule has 1 atom stereocenters. The van der Waals surface area contributed by atoms with Crippen LogP contribution < -0.4 is 5.32 Å². The molecule has 1 unspecified atom stereocenters. The van der Waals surface area contributed by atoms with Crippen molar-refractivity contribution in [2.45, 2.75) is 57.6 Å². The lowest BCUT2D eigenvalue weighted by molar-refractivity contribution is -0.143. The first-order valence-electron chi connectivity index (χ1n) is 10.1. The lowest BCUT2D eigenvalue weighted by Gasteiger charge is -2.32. The Morgan fingerprint density at radius 2 is 1.59 bits per heavy atom. The quantitative estimate of drug-likeness (QED) is 0.650. The Bertz CT molecular complexity index is 589. The monoisotopic (exact) mass is 378 g/mol. The van der Waals surface area contributed by atoms with E-state index in [0.717, 1.165) is 38.5 Å². The van der Waals surface area contributed by atoms with E-state index in [-0.39, 0.29) is 23.7 Å². The number of aliphatic carboxylic acids is 1. The summed E-state index contributed by atoms with van der Waals surface area (Å²) in [6.07, 6.45) is 8.65. The van der Waals surface area contributed by atoms with Crippen LogP contribution in [0.3, 0.4) is 0 Å². The minimum Gasteiger partial charge on any atom is -0.481 e. The standard InChI is InChI=1S/C20H30N2O5/c23-17-9-10-18(24)22(17)12-14-3-5-15(6-4-14)19(25)21-11-13-1-7-16(8-2-13)20(26)27/h9-10,13-17,23H,1-8,11-12H2,(H,21,25)(H,26,27). The zero-order valence-corrected chi connectivity index (χ0v) is 15.7. The molecule has 27 heavy (non-hydrogen) atoms. The molecule has 2 fully saturated rings. The van der Waals surface area contributed by atoms with Gasteiger partial charge in [-0.15, -0.1) is 0 Å². The van der Waals surface area contributed by atoms with Crippen molar-refractivity contribution in [1.82, 2.24) is 10.2 Å². The average molecular weight is 378 g/mol. The van der Waals surface area contributed by atoms with Gasteiger partial charge in [0.2, 0.25) is 11.8 Å². The molecule has 150 valence electrons. The molecule has 2 aliphatic carbocycles. The number of carboxylic acids is 1. The van der Waals surface area contributed by atoms with Gasteiger partial charge in [-0.25, -0.2) is 0 Å². The molecular formula is C20H30N2O5. The first kappa shape index (κ1) is 19.9. The third-order valence-corrected chi connectivity index (χ3v) is 6.45. The minimum atomic E-state index is -0.810. The number of carbonyl (C=O) groups excluding carboxylic acids is 2. The highest BCUT2D eigenvalue weighted by molar-refractivity contribution is 5.90. The molecule has 0 aromatic heterocycles. The number of aliphatic hydroxyl groups is 1. The maximum absolute atomic E-state index is 12.4. The highest BCUT2D eigenvalue weighted by atomic mass is 16.4. The van der Waals surface area contributed by atoms with Crippen LogP contribution in [0.15, 0.2) is 12.2 Å². The van der Waals surface area contributed by atoms with E-state index in [2.05, 4.69) is 5.32 Å². The Labute approximate surface area is 159 Å². The average Bonchev–Trinajstić information content (AvgIpc) is 2.99. The number of nitrogens with zero attached hydrogens (tertiary/aromatic N) is 1. The molecule has 0 aromatic rings. The molecular weight excluding hydrogens is 348 g/mol. The van der Waals surface area contributed by atoms with Gasteiger partial charge in [0.25, 0.3) is 0 Å². The van der Waals surface area contributed by atoms with Gasteiger partial charge in [-0.2, -0.15) is 0 Å². The molecule has 1 heterocycles. The second-order valence-electron chi connectivity index (χ2n) is 8.28. The van der Waals surface area contributed by atoms with Gasteiger partial charge >= 0.3 is 5.97 Å². The number of aliphatic hydroxyl groups excluding tert-OH is 1. The Morgan fingerprint density at radius 1 is 1.00 bits per heavy atom. The summed E-state index contributed by atoms with van der Waals surface area (Å²) in [6.45, 7) is 1.19. The van der Waals surface area contributed by atoms with E-state index in [1.165, 1.54) is 17.1 Å². The van der Waals surface area contributed by atoms with Crippen LogP contribution in [0, 0.1) is 23.7 Å². The van der Waals surface area contributed by atoms with Crippen LogP contribution >= 0.6 is 0 Å². The maximum Gasteiger partial charge on any atom is 0.306 e. The lowest BCUT2D eigenvalue weighted by Crippen LogP contribution is -2.40. The van der Waals surface area contributed by atoms with Gasteiger partial charge in [0.1, 0.15) is 6.23 Å². The van der Waals surface area contributed by atoms with Crippen LogP contribution in [0.25, 0.3) is 0 Å². The van der Waals surface area contributed by atoms with Crippen LogP contribution in [-0.4, -0.2) is 52.2 Å². The summed E-state index contributed by atoms with van der Waals surface area (Å²) in [5.41, 5.74) is 0. The summed E-state index contributed by atoms with van der Waals surface area (Å²) in [7, 11) is 0. The van der Waals surface area contributed by atoms with Crippen LogP contribution in [-0.2, 0) is 14.4 Å². The van der Waals surface area contributed by atoms with Gasteiger partial charge in [-0.1, -0.05) is 0 Å². The molecule has 3 rings (SSSR count). The topological polar surface area (TPSA) is 107 Å². The molecule has 1 aliphatic heterocycles. The number of carboxylic acid groups (broad SMARTS) is 1. The number of rotatable bonds is 6. The van der Waals surface area contributed by atoms with Gasteiger partial charge < -0.3 is 20.4 Å². The predicted octanol–water partition coefficient (Wildman–Crippen LogP) is 1.52. The highest BCUT2D eigenvalue weighted by Gasteiger charge is 2.32. The van der Waals surface area contributed by atoms with E-state index in [4.69, 9.17) is 5.11 Å². The molecule has 0 aromatic carbocycles. The fraction of sp³-hybridized carbons (Fsp3) is 0.750. The second-order valence-corrected chi connectivity index (χ2v) is 8.28. The number of hydrogen-bond donors (Lipinski definition) is 3. The Kier molecular flexibility index (Phi) is 6.52. The molecule has 0 saturated heterocycles. The van der Waals surface area contributed by atoms with Gasteiger partial charge in [-0.05, 0) is 69.3 Å². The Morgan fingerprint density at radius 3 is 2.15 bits per heavy atom. The maximum atomic E-state index is 12.4. The fourth-order valence-corrected chi connectivity index (χ4v) is 4.58. The minimum absolute atomic E-state index is 0.0222. The van der Waals surface area contributed by atoms with E-state index < -0.39 is 12.2 Å². The van der Waals surface area contributed by atoms with Crippen LogP contribution in [0.5, 0.6) is 0 Å². The van der Waals surface area contributed by atoms with Gasteiger partial charge in [0.05, 0.1) is 5.92 Å². The summed E-state index contributed by atoms with van der Waals surface area (Å²) in [6, 6.07) is 0. The summed E-state index contributed by atoms with van der Waals surface area (Å²) in [5.74, 6) is -0.215. The SMILES string of the molecule is O=C(O)C1CCC(CNC(=O)C2CCC(CN3C(=O)C=CC3O)CC2)CC1. The molecule has 2 saturated carbocycles. The number of carbonyl (C=O) groups is 3. The fourth-order valence-electron chi connectivity index (χ4n) is 4.58. The van der Waals surface area contributed by atoms with Crippen molar-refractivity contribution in [3.63, 3.8) is 0 Å². The molecule has 3 N–H and O–H groups in total. The van der Waals surface area contributed by atoms with E-state index in [1.54, 1.807) is 0 Å². The lowest BCUT2D eigenvalue weighted by atomic mass is 9.80. The van der Waals surface area contributed by atoms with E-state index in [9.17, 15) is 19.5 Å². The van der Waals surface area contributed by atoms with E-state index in [0.29, 0.717) is 37.8 Å². The van der Waals surface area contributed by atoms with Crippen molar-refractivity contribution < 1.29 is 24.6 Å². The molecule has 3 aliphatic rings. The third-order valence-electron chi connectivity index (χ3n) is 6.45. The zero-order valence-electron chi connectivity index (χ0n) is 15.7. The van der Waals surface area contributed by atoms with Gasteiger partial charge in [0.15, 0.2) is 0 Å². The number of nitrogens with one attached hydrogen (secondary N) is 1. The second kappa shape index (κ2) is 8.87. The van der Waals surface area contributed by atoms with Crippen LogP contribution in [0.1, 0.15) is 51.4 Å². The highest BCUT2D eigenvalue weighted by Crippen LogP contribution is 2.31. The zero-order chi connectivity index (χ0) is 19.4.